The number of carbonyl (C=O) groups is 4. The molecule has 0 radical (unpaired) electrons. The minimum absolute atomic E-state index is 0.00432. The van der Waals surface area contributed by atoms with E-state index in [4.69, 9.17) is 0 Å². The fourth-order valence-electron chi connectivity index (χ4n) is 3.24. The Labute approximate surface area is 223 Å². The van der Waals surface area contributed by atoms with Crippen molar-refractivity contribution >= 4 is 50.9 Å². The lowest BCUT2D eigenvalue weighted by molar-refractivity contribution is -0.137. The molecule has 0 saturated heterocycles. The summed E-state index contributed by atoms with van der Waals surface area (Å²) in [6.07, 6.45) is 4.11. The van der Waals surface area contributed by atoms with Crippen LogP contribution in [0.4, 0.5) is 5.69 Å². The van der Waals surface area contributed by atoms with E-state index in [-0.39, 0.29) is 26.6 Å². The van der Waals surface area contributed by atoms with Gasteiger partial charge in [-0.25, -0.2) is 13.1 Å². The lowest BCUT2D eigenvalue weighted by atomic mass is 9.95. The molecular weight excluding hydrogens is 530 g/mol. The van der Waals surface area contributed by atoms with Gasteiger partial charge in [0.15, 0.2) is 11.6 Å². The number of carboxylic acids is 1. The van der Waals surface area contributed by atoms with Crippen LogP contribution in [-0.2, 0) is 19.6 Å². The maximum atomic E-state index is 12.6. The van der Waals surface area contributed by atoms with Crippen molar-refractivity contribution in [2.75, 3.05) is 12.4 Å². The highest BCUT2D eigenvalue weighted by Crippen LogP contribution is 2.32. The van der Waals surface area contributed by atoms with Crippen molar-refractivity contribution < 1.29 is 32.7 Å². The summed E-state index contributed by atoms with van der Waals surface area (Å²) >= 11 is 0.640. The molecule has 0 fully saturated rings. The number of Topliss-reactive ketones (excluding diaryl/α,β-unsaturated/α-hetero) is 1. The number of nitrogens with one attached hydrogen (secondary N) is 2. The van der Waals surface area contributed by atoms with Gasteiger partial charge in [0.2, 0.25) is 15.9 Å². The number of allylic oxidation sites excluding steroid dienone is 2. The SMILES string of the molecule is CNS(=O)(=O)c1ccc(NC(=O)CC(SC2=CC(=O)c3ccccc3C2=O)C(=O)O)cc1.c1ccncc1. The number of anilines is 1. The third-order valence-electron chi connectivity index (χ3n) is 5.12. The average Bonchev–Trinajstić information content (AvgIpc) is 2.92. The molecule has 0 saturated carbocycles. The van der Waals surface area contributed by atoms with Crippen LogP contribution in [0, 0.1) is 0 Å². The number of hydrogen-bond acceptors (Lipinski definition) is 8. The van der Waals surface area contributed by atoms with Crippen LogP contribution < -0.4 is 10.0 Å². The molecule has 1 unspecified atom stereocenters. The fraction of sp³-hybridized carbons (Fsp3) is 0.115. The third kappa shape index (κ3) is 7.44. The molecule has 196 valence electrons. The molecule has 0 spiro atoms. The van der Waals surface area contributed by atoms with Crippen molar-refractivity contribution in [3.63, 3.8) is 0 Å². The summed E-state index contributed by atoms with van der Waals surface area (Å²) in [5.41, 5.74) is 0.708. The molecule has 1 atom stereocenters. The maximum absolute atomic E-state index is 12.6. The van der Waals surface area contributed by atoms with Gasteiger partial charge in [-0.05, 0) is 43.4 Å². The number of amides is 1. The quantitative estimate of drug-likeness (QED) is 0.381. The Morgan fingerprint density at radius 3 is 2.11 bits per heavy atom. The molecule has 38 heavy (non-hydrogen) atoms. The summed E-state index contributed by atoms with van der Waals surface area (Å²) in [4.78, 5) is 52.7. The van der Waals surface area contributed by atoms with E-state index in [1.54, 1.807) is 24.5 Å². The first-order chi connectivity index (χ1) is 18.1. The summed E-state index contributed by atoms with van der Waals surface area (Å²) in [6, 6.07) is 17.3. The molecule has 1 aromatic heterocycles. The van der Waals surface area contributed by atoms with E-state index in [0.29, 0.717) is 11.8 Å². The molecule has 0 aliphatic heterocycles. The molecule has 12 heteroatoms. The highest BCUT2D eigenvalue weighted by Gasteiger charge is 2.31. The number of aromatic nitrogens is 1. The number of thioether (sulfide) groups is 1. The topological polar surface area (TPSA) is 160 Å². The van der Waals surface area contributed by atoms with Crippen LogP contribution in [0.5, 0.6) is 0 Å². The molecule has 2 aromatic carbocycles. The minimum Gasteiger partial charge on any atom is -0.480 e. The van der Waals surface area contributed by atoms with Gasteiger partial charge in [-0.3, -0.25) is 24.2 Å². The number of nitrogens with zero attached hydrogens (tertiary/aromatic N) is 1. The molecule has 0 bridgehead atoms. The van der Waals surface area contributed by atoms with Gasteiger partial charge in [-0.15, -0.1) is 11.8 Å². The molecule has 10 nitrogen and oxygen atoms in total. The van der Waals surface area contributed by atoms with Gasteiger partial charge >= 0.3 is 5.97 Å². The van der Waals surface area contributed by atoms with Gasteiger partial charge in [0.1, 0.15) is 5.25 Å². The van der Waals surface area contributed by atoms with E-state index in [9.17, 15) is 32.7 Å². The van der Waals surface area contributed by atoms with E-state index in [1.165, 1.54) is 43.4 Å². The predicted octanol–water partition coefficient (Wildman–Crippen LogP) is 3.15. The van der Waals surface area contributed by atoms with Crippen molar-refractivity contribution in [3.8, 4) is 0 Å². The molecule has 3 N–H and O–H groups in total. The second kappa shape index (κ2) is 12.9. The second-order valence-corrected chi connectivity index (χ2v) is 10.8. The number of ketones is 2. The minimum atomic E-state index is -3.63. The van der Waals surface area contributed by atoms with Crippen LogP contribution in [0.1, 0.15) is 27.1 Å². The lowest BCUT2D eigenvalue weighted by Crippen LogP contribution is -2.26. The Hall–Kier alpha value is -4.13. The van der Waals surface area contributed by atoms with E-state index in [2.05, 4.69) is 15.0 Å². The monoisotopic (exact) mass is 553 g/mol. The Morgan fingerprint density at radius 2 is 1.58 bits per heavy atom. The van der Waals surface area contributed by atoms with E-state index in [1.807, 2.05) is 18.2 Å². The van der Waals surface area contributed by atoms with E-state index < -0.39 is 45.1 Å². The van der Waals surface area contributed by atoms with Crippen LogP contribution in [0.3, 0.4) is 0 Å². The summed E-state index contributed by atoms with van der Waals surface area (Å²) in [7, 11) is -2.36. The molecule has 1 aliphatic rings. The standard InChI is InChI=1S/C21H18N2O7S2.C5H5N/c1-22-32(29,30)13-8-6-12(7-9-13)23-19(25)11-18(21(27)28)31-17-10-16(24)14-4-2-3-5-15(14)20(17)26;1-2-4-6-5-3-1/h2-10,18,22H,11H2,1H3,(H,23,25)(H,27,28);1-5H. The molecule has 1 amide bonds. The smallest absolute Gasteiger partial charge is 0.317 e. The zero-order valence-electron chi connectivity index (χ0n) is 20.0. The van der Waals surface area contributed by atoms with E-state index >= 15 is 0 Å². The van der Waals surface area contributed by atoms with Gasteiger partial charge in [0.25, 0.3) is 0 Å². The number of fused-ring (bicyclic) bond motifs is 1. The largest absolute Gasteiger partial charge is 0.480 e. The van der Waals surface area contributed by atoms with Crippen LogP contribution >= 0.6 is 11.8 Å². The normalized spacial score (nSPS) is 13.3. The summed E-state index contributed by atoms with van der Waals surface area (Å²) in [6.45, 7) is 0. The number of benzene rings is 2. The summed E-state index contributed by atoms with van der Waals surface area (Å²) < 4.78 is 25.7. The summed E-state index contributed by atoms with van der Waals surface area (Å²) in [5, 5.41) is 10.7. The first kappa shape index (κ1) is 28.4. The third-order valence-corrected chi connectivity index (χ3v) is 7.76. The van der Waals surface area contributed by atoms with Crippen LogP contribution in [-0.4, -0.2) is 54.2 Å². The van der Waals surface area contributed by atoms with Gasteiger partial charge < -0.3 is 10.4 Å². The van der Waals surface area contributed by atoms with Crippen LogP contribution in [0.25, 0.3) is 0 Å². The lowest BCUT2D eigenvalue weighted by Gasteiger charge is -2.18. The number of carbonyl (C=O) groups excluding carboxylic acids is 3. The predicted molar refractivity (Wildman–Crippen MR) is 142 cm³/mol. The van der Waals surface area contributed by atoms with Crippen molar-refractivity contribution in [2.45, 2.75) is 16.6 Å². The number of rotatable bonds is 8. The van der Waals surface area contributed by atoms with E-state index in [0.717, 1.165) is 6.08 Å². The molecule has 1 aliphatic carbocycles. The number of carboxylic acid groups (broad SMARTS) is 1. The van der Waals surface area contributed by atoms with Gasteiger partial charge in [0, 0.05) is 41.7 Å². The highest BCUT2D eigenvalue weighted by atomic mass is 32.2. The number of hydrogen-bond donors (Lipinski definition) is 3. The van der Waals surface area contributed by atoms with Gasteiger partial charge in [-0.1, -0.05) is 30.3 Å². The van der Waals surface area contributed by atoms with Crippen molar-refractivity contribution in [3.05, 3.63) is 101 Å². The van der Waals surface area contributed by atoms with Crippen LogP contribution in [0.15, 0.2) is 95.0 Å². The zero-order chi connectivity index (χ0) is 27.7. The number of pyridine rings is 1. The maximum Gasteiger partial charge on any atom is 0.317 e. The fourth-order valence-corrected chi connectivity index (χ4v) is 5.00. The van der Waals surface area contributed by atoms with Crippen molar-refractivity contribution in [1.82, 2.24) is 9.71 Å². The first-order valence-electron chi connectivity index (χ1n) is 11.1. The van der Waals surface area contributed by atoms with Crippen molar-refractivity contribution in [2.24, 2.45) is 0 Å². The van der Waals surface area contributed by atoms with Crippen LogP contribution in [0.2, 0.25) is 0 Å². The zero-order valence-corrected chi connectivity index (χ0v) is 21.7. The second-order valence-electron chi connectivity index (χ2n) is 7.70. The molecular formula is C26H23N3O7S2. The Bertz CT molecular complexity index is 1450. The Morgan fingerprint density at radius 1 is 0.947 bits per heavy atom. The van der Waals surface area contributed by atoms with Gasteiger partial charge in [-0.2, -0.15) is 0 Å². The average molecular weight is 554 g/mol. The van der Waals surface area contributed by atoms with Crippen molar-refractivity contribution in [1.29, 1.82) is 0 Å². The number of sulfonamides is 1. The molecule has 4 rings (SSSR count). The molecule has 1 heterocycles. The Balaban J connectivity index is 0.000000585. The Kier molecular flexibility index (Phi) is 9.66. The van der Waals surface area contributed by atoms with Gasteiger partial charge in [0.05, 0.1) is 9.80 Å². The first-order valence-corrected chi connectivity index (χ1v) is 13.5. The highest BCUT2D eigenvalue weighted by molar-refractivity contribution is 8.05. The number of aliphatic carboxylic acids is 1. The molecule has 3 aromatic rings. The summed E-state index contributed by atoms with van der Waals surface area (Å²) in [5.74, 6) is -2.85.